The number of aryl methyl sites for hydroxylation is 2. The molecule has 1 aromatic heterocycles. The number of aromatic amines is 1. The third-order valence-corrected chi connectivity index (χ3v) is 4.92. The van der Waals surface area contributed by atoms with E-state index in [0.717, 1.165) is 30.5 Å². The number of aromatic nitrogens is 1. The average molecular weight is 375 g/mol. The minimum Gasteiger partial charge on any atom is -0.358 e. The lowest BCUT2D eigenvalue weighted by molar-refractivity contribution is -0.137. The molecule has 0 bridgehead atoms. The SMILES string of the molecule is OC(Nc1ccc(C(F)(F)F)cc1)Nc1ccc2c3c([nH]c2c1)CCCC3. The molecule has 1 heterocycles. The van der Waals surface area contributed by atoms with Gasteiger partial charge in [-0.2, -0.15) is 13.2 Å². The van der Waals surface area contributed by atoms with Gasteiger partial charge >= 0.3 is 6.18 Å². The normalized spacial score (nSPS) is 15.4. The molecule has 1 aliphatic rings. The number of hydrogen-bond acceptors (Lipinski definition) is 3. The van der Waals surface area contributed by atoms with Gasteiger partial charge in [-0.25, -0.2) is 0 Å². The van der Waals surface area contributed by atoms with Crippen molar-refractivity contribution in [2.45, 2.75) is 38.2 Å². The smallest absolute Gasteiger partial charge is 0.358 e. The summed E-state index contributed by atoms with van der Waals surface area (Å²) in [6.45, 7) is 0. The fourth-order valence-corrected chi connectivity index (χ4v) is 3.61. The van der Waals surface area contributed by atoms with Crippen molar-refractivity contribution >= 4 is 22.3 Å². The summed E-state index contributed by atoms with van der Waals surface area (Å²) in [7, 11) is 0. The Morgan fingerprint density at radius 3 is 2.33 bits per heavy atom. The molecule has 4 N–H and O–H groups in total. The summed E-state index contributed by atoms with van der Waals surface area (Å²) in [4.78, 5) is 3.45. The maximum Gasteiger partial charge on any atom is 0.416 e. The van der Waals surface area contributed by atoms with Gasteiger partial charge in [0, 0.05) is 28.0 Å². The third-order valence-electron chi connectivity index (χ3n) is 4.92. The van der Waals surface area contributed by atoms with Crippen LogP contribution in [-0.4, -0.2) is 16.4 Å². The first-order chi connectivity index (χ1) is 12.9. The van der Waals surface area contributed by atoms with Crippen molar-refractivity contribution < 1.29 is 18.3 Å². The number of fused-ring (bicyclic) bond motifs is 3. The maximum absolute atomic E-state index is 12.6. The predicted octanol–water partition coefficient (Wildman–Crippen LogP) is 4.87. The van der Waals surface area contributed by atoms with E-state index >= 15 is 0 Å². The Bertz CT molecular complexity index is 948. The van der Waals surface area contributed by atoms with Crippen LogP contribution in [0.2, 0.25) is 0 Å². The number of rotatable bonds is 4. The number of H-pyrrole nitrogens is 1. The van der Waals surface area contributed by atoms with Crippen molar-refractivity contribution in [3.05, 3.63) is 59.3 Å². The molecule has 4 rings (SSSR count). The number of benzene rings is 2. The van der Waals surface area contributed by atoms with Crippen molar-refractivity contribution in [3.63, 3.8) is 0 Å². The van der Waals surface area contributed by atoms with E-state index in [9.17, 15) is 18.3 Å². The van der Waals surface area contributed by atoms with Gasteiger partial charge in [0.05, 0.1) is 5.56 Å². The van der Waals surface area contributed by atoms with E-state index in [-0.39, 0.29) is 0 Å². The number of halogens is 3. The Morgan fingerprint density at radius 2 is 1.59 bits per heavy atom. The second kappa shape index (κ2) is 6.81. The van der Waals surface area contributed by atoms with Crippen molar-refractivity contribution in [3.8, 4) is 0 Å². The minimum atomic E-state index is -4.37. The zero-order valence-electron chi connectivity index (χ0n) is 14.5. The van der Waals surface area contributed by atoms with E-state index in [4.69, 9.17) is 0 Å². The van der Waals surface area contributed by atoms with Crippen LogP contribution in [0.25, 0.3) is 10.9 Å². The van der Waals surface area contributed by atoms with E-state index in [2.05, 4.69) is 15.6 Å². The molecule has 0 saturated heterocycles. The minimum absolute atomic E-state index is 0.388. The lowest BCUT2D eigenvalue weighted by atomic mass is 9.96. The first-order valence-electron chi connectivity index (χ1n) is 8.92. The number of aliphatic hydroxyl groups is 1. The molecule has 0 aliphatic heterocycles. The second-order valence-electron chi connectivity index (χ2n) is 6.82. The largest absolute Gasteiger partial charge is 0.416 e. The molecule has 4 nitrogen and oxygen atoms in total. The highest BCUT2D eigenvalue weighted by molar-refractivity contribution is 5.87. The van der Waals surface area contributed by atoms with E-state index in [1.807, 2.05) is 18.2 Å². The summed E-state index contributed by atoms with van der Waals surface area (Å²) in [6, 6.07) is 10.4. The number of aliphatic hydroxyl groups excluding tert-OH is 1. The number of nitrogens with one attached hydrogen (secondary N) is 3. The zero-order chi connectivity index (χ0) is 19.0. The number of hydrogen-bond donors (Lipinski definition) is 4. The molecule has 1 aliphatic carbocycles. The Hall–Kier alpha value is -2.67. The molecule has 0 radical (unpaired) electrons. The molecule has 1 unspecified atom stereocenters. The summed E-state index contributed by atoms with van der Waals surface area (Å²) in [6.07, 6.45) is -0.967. The van der Waals surface area contributed by atoms with Crippen LogP contribution in [0.3, 0.4) is 0 Å². The van der Waals surface area contributed by atoms with Gasteiger partial charge in [0.1, 0.15) is 0 Å². The van der Waals surface area contributed by atoms with Gasteiger partial charge in [0.15, 0.2) is 0 Å². The van der Waals surface area contributed by atoms with Gasteiger partial charge in [-0.15, -0.1) is 0 Å². The van der Waals surface area contributed by atoms with Crippen LogP contribution in [0.4, 0.5) is 24.5 Å². The average Bonchev–Trinajstić information content (AvgIpc) is 2.99. The number of anilines is 2. The first kappa shape index (κ1) is 17.7. The van der Waals surface area contributed by atoms with Crippen LogP contribution in [0.1, 0.15) is 29.7 Å². The molecular weight excluding hydrogens is 355 g/mol. The first-order valence-corrected chi connectivity index (χ1v) is 8.92. The van der Waals surface area contributed by atoms with Crippen LogP contribution in [0.15, 0.2) is 42.5 Å². The molecule has 27 heavy (non-hydrogen) atoms. The lowest BCUT2D eigenvalue weighted by Crippen LogP contribution is -2.27. The predicted molar refractivity (Wildman–Crippen MR) is 99.6 cm³/mol. The Labute approximate surface area is 154 Å². The van der Waals surface area contributed by atoms with E-state index in [0.29, 0.717) is 11.4 Å². The molecule has 142 valence electrons. The molecule has 0 saturated carbocycles. The molecule has 0 amide bonds. The summed E-state index contributed by atoms with van der Waals surface area (Å²) < 4.78 is 37.8. The summed E-state index contributed by atoms with van der Waals surface area (Å²) in [5.74, 6) is 0. The standard InChI is InChI=1S/C20H20F3N3O/c21-20(22,23)12-5-7-13(8-6-12)24-19(27)25-14-9-10-16-15-3-1-2-4-17(15)26-18(16)11-14/h5-11,19,24-27H,1-4H2. The van der Waals surface area contributed by atoms with Crippen LogP contribution in [0.5, 0.6) is 0 Å². The Morgan fingerprint density at radius 1 is 0.926 bits per heavy atom. The van der Waals surface area contributed by atoms with E-state index < -0.39 is 18.1 Å². The van der Waals surface area contributed by atoms with Gasteiger partial charge in [0.2, 0.25) is 6.35 Å². The molecule has 0 spiro atoms. The summed E-state index contributed by atoms with van der Waals surface area (Å²) in [5, 5.41) is 17.0. The van der Waals surface area contributed by atoms with Gasteiger partial charge in [-0.1, -0.05) is 6.07 Å². The number of alkyl halides is 3. The van der Waals surface area contributed by atoms with Crippen molar-refractivity contribution in [2.75, 3.05) is 10.6 Å². The lowest BCUT2D eigenvalue weighted by Gasteiger charge is -2.17. The highest BCUT2D eigenvalue weighted by Crippen LogP contribution is 2.31. The van der Waals surface area contributed by atoms with Gasteiger partial charge in [-0.05, 0) is 67.6 Å². The van der Waals surface area contributed by atoms with Crippen LogP contribution < -0.4 is 10.6 Å². The molecule has 0 fully saturated rings. The van der Waals surface area contributed by atoms with Crippen LogP contribution in [-0.2, 0) is 19.0 Å². The highest BCUT2D eigenvalue weighted by atomic mass is 19.4. The Balaban J connectivity index is 1.45. The van der Waals surface area contributed by atoms with Crippen molar-refractivity contribution in [1.82, 2.24) is 4.98 Å². The zero-order valence-corrected chi connectivity index (χ0v) is 14.5. The summed E-state index contributed by atoms with van der Waals surface area (Å²) in [5.41, 5.74) is 4.07. The molecule has 2 aromatic carbocycles. The molecule has 7 heteroatoms. The van der Waals surface area contributed by atoms with E-state index in [1.54, 1.807) is 0 Å². The Kier molecular flexibility index (Phi) is 4.47. The fourth-order valence-electron chi connectivity index (χ4n) is 3.61. The van der Waals surface area contributed by atoms with Crippen LogP contribution >= 0.6 is 0 Å². The topological polar surface area (TPSA) is 60.1 Å². The van der Waals surface area contributed by atoms with Gasteiger partial charge in [0.25, 0.3) is 0 Å². The fraction of sp³-hybridized carbons (Fsp3) is 0.300. The second-order valence-corrected chi connectivity index (χ2v) is 6.82. The van der Waals surface area contributed by atoms with Gasteiger partial charge in [-0.3, -0.25) is 0 Å². The van der Waals surface area contributed by atoms with E-state index in [1.165, 1.54) is 41.6 Å². The quantitative estimate of drug-likeness (QED) is 0.492. The molecule has 1 atom stereocenters. The van der Waals surface area contributed by atoms with Crippen molar-refractivity contribution in [1.29, 1.82) is 0 Å². The van der Waals surface area contributed by atoms with Crippen molar-refractivity contribution in [2.24, 2.45) is 0 Å². The van der Waals surface area contributed by atoms with Crippen LogP contribution in [0, 0.1) is 0 Å². The molecule has 3 aromatic rings. The third kappa shape index (κ3) is 3.73. The molecular formula is C20H20F3N3O. The maximum atomic E-state index is 12.6. The highest BCUT2D eigenvalue weighted by Gasteiger charge is 2.30. The monoisotopic (exact) mass is 375 g/mol. The summed E-state index contributed by atoms with van der Waals surface area (Å²) >= 11 is 0. The van der Waals surface area contributed by atoms with Gasteiger partial charge < -0.3 is 20.7 Å².